The molecule has 2 amide bonds. The fraction of sp³-hybridized carbons (Fsp3) is 0.0556. The van der Waals surface area contributed by atoms with Gasteiger partial charge < -0.3 is 5.32 Å². The number of hydrogen-bond donors (Lipinski definition) is 2. The minimum absolute atomic E-state index is 0.482. The smallest absolute Gasteiger partial charge is 0.317 e. The Morgan fingerprint density at radius 3 is 2.54 bits per heavy atom. The zero-order valence-electron chi connectivity index (χ0n) is 13.0. The quantitative estimate of drug-likeness (QED) is 0.508. The molecule has 6 heteroatoms. The lowest BCUT2D eigenvalue weighted by Crippen LogP contribution is -2.32. The fourth-order valence-corrected chi connectivity index (χ4v) is 2.00. The van der Waals surface area contributed by atoms with Crippen molar-refractivity contribution in [3.05, 3.63) is 70.8 Å². The molecule has 122 valence electrons. The predicted octanol–water partition coefficient (Wildman–Crippen LogP) is 3.40. The van der Waals surface area contributed by atoms with Crippen LogP contribution in [0.15, 0.2) is 59.7 Å². The molecule has 0 radical (unpaired) electrons. The SMILES string of the molecule is Cc1c(Cl)cccc1NC(=O)C(=O)N/N=C/C=C/c1ccccc1. The van der Waals surface area contributed by atoms with Crippen LogP contribution in [0.1, 0.15) is 11.1 Å². The van der Waals surface area contributed by atoms with Gasteiger partial charge in [-0.2, -0.15) is 5.10 Å². The maximum absolute atomic E-state index is 11.8. The van der Waals surface area contributed by atoms with Crippen molar-refractivity contribution < 1.29 is 9.59 Å². The van der Waals surface area contributed by atoms with Crippen LogP contribution in [0.2, 0.25) is 5.02 Å². The van der Waals surface area contributed by atoms with E-state index < -0.39 is 11.8 Å². The van der Waals surface area contributed by atoms with Crippen LogP contribution >= 0.6 is 11.6 Å². The summed E-state index contributed by atoms with van der Waals surface area (Å²) in [7, 11) is 0. The molecule has 0 bridgehead atoms. The minimum atomic E-state index is -0.862. The second-order valence-electron chi connectivity index (χ2n) is 4.86. The van der Waals surface area contributed by atoms with Crippen molar-refractivity contribution >= 4 is 41.4 Å². The molecule has 0 aliphatic rings. The Balaban J connectivity index is 1.85. The molecule has 0 aromatic heterocycles. The normalized spacial score (nSPS) is 10.9. The third-order valence-electron chi connectivity index (χ3n) is 3.14. The maximum atomic E-state index is 11.8. The molecule has 24 heavy (non-hydrogen) atoms. The summed E-state index contributed by atoms with van der Waals surface area (Å²) in [6, 6.07) is 14.7. The van der Waals surface area contributed by atoms with Crippen LogP contribution in [0.4, 0.5) is 5.69 Å². The molecule has 0 saturated carbocycles. The zero-order valence-corrected chi connectivity index (χ0v) is 13.7. The summed E-state index contributed by atoms with van der Waals surface area (Å²) >= 11 is 5.96. The number of nitrogens with one attached hydrogen (secondary N) is 2. The fourth-order valence-electron chi connectivity index (χ4n) is 1.83. The highest BCUT2D eigenvalue weighted by atomic mass is 35.5. The third kappa shape index (κ3) is 5.07. The Morgan fingerprint density at radius 2 is 1.79 bits per heavy atom. The van der Waals surface area contributed by atoms with Gasteiger partial charge in [0.2, 0.25) is 0 Å². The molecule has 2 aromatic carbocycles. The van der Waals surface area contributed by atoms with Gasteiger partial charge in [0.15, 0.2) is 0 Å². The van der Waals surface area contributed by atoms with Crippen molar-refractivity contribution in [2.45, 2.75) is 6.92 Å². The van der Waals surface area contributed by atoms with E-state index in [4.69, 9.17) is 11.6 Å². The standard InChI is InChI=1S/C18H16ClN3O2/c1-13-15(19)10-5-11-16(13)21-17(23)18(24)22-20-12-6-9-14-7-3-2-4-8-14/h2-12H,1H3,(H,21,23)(H,22,24)/b9-6+,20-12+. The molecule has 0 spiro atoms. The molecule has 0 saturated heterocycles. The second-order valence-corrected chi connectivity index (χ2v) is 5.26. The van der Waals surface area contributed by atoms with Crippen LogP contribution in [0.3, 0.4) is 0 Å². The lowest BCUT2D eigenvalue weighted by molar-refractivity contribution is -0.136. The molecule has 2 rings (SSSR count). The summed E-state index contributed by atoms with van der Waals surface area (Å²) in [6.07, 6.45) is 4.88. The largest absolute Gasteiger partial charge is 0.329 e. The maximum Gasteiger partial charge on any atom is 0.329 e. The first-order valence-electron chi connectivity index (χ1n) is 7.19. The number of halogens is 1. The van der Waals surface area contributed by atoms with Crippen molar-refractivity contribution in [1.82, 2.24) is 5.43 Å². The zero-order chi connectivity index (χ0) is 17.4. The number of rotatable bonds is 4. The molecule has 0 unspecified atom stereocenters. The number of nitrogens with zero attached hydrogens (tertiary/aromatic N) is 1. The van der Waals surface area contributed by atoms with Crippen LogP contribution in [-0.4, -0.2) is 18.0 Å². The van der Waals surface area contributed by atoms with Gasteiger partial charge in [0.25, 0.3) is 0 Å². The highest BCUT2D eigenvalue weighted by Gasteiger charge is 2.14. The summed E-state index contributed by atoms with van der Waals surface area (Å²) in [6.45, 7) is 1.75. The average Bonchev–Trinajstić information content (AvgIpc) is 2.59. The molecule has 2 N–H and O–H groups in total. The number of anilines is 1. The minimum Gasteiger partial charge on any atom is -0.317 e. The van der Waals surface area contributed by atoms with E-state index in [2.05, 4.69) is 15.8 Å². The first-order chi connectivity index (χ1) is 11.6. The average molecular weight is 342 g/mol. The lowest BCUT2D eigenvalue weighted by atomic mass is 10.2. The molecule has 0 aliphatic carbocycles. The number of carbonyl (C=O) groups excluding carboxylic acids is 2. The Bertz CT molecular complexity index is 786. The number of hydrazone groups is 1. The Hall–Kier alpha value is -2.92. The van der Waals surface area contributed by atoms with E-state index in [1.165, 1.54) is 6.21 Å². The van der Waals surface area contributed by atoms with E-state index in [0.717, 1.165) is 5.56 Å². The van der Waals surface area contributed by atoms with Crippen molar-refractivity contribution in [2.24, 2.45) is 5.10 Å². The summed E-state index contributed by atoms with van der Waals surface area (Å²) < 4.78 is 0. The van der Waals surface area contributed by atoms with Gasteiger partial charge >= 0.3 is 11.8 Å². The molecule has 0 heterocycles. The molecule has 0 aliphatic heterocycles. The molecule has 5 nitrogen and oxygen atoms in total. The van der Waals surface area contributed by atoms with Gasteiger partial charge in [-0.3, -0.25) is 9.59 Å². The Kier molecular flexibility index (Phi) is 6.28. The summed E-state index contributed by atoms with van der Waals surface area (Å²) in [5, 5.41) is 6.69. The number of carbonyl (C=O) groups is 2. The van der Waals surface area contributed by atoms with Gasteiger partial charge in [-0.15, -0.1) is 0 Å². The first-order valence-corrected chi connectivity index (χ1v) is 7.57. The van der Waals surface area contributed by atoms with E-state index in [9.17, 15) is 9.59 Å². The van der Waals surface area contributed by atoms with Gasteiger partial charge in [-0.25, -0.2) is 5.43 Å². The predicted molar refractivity (Wildman–Crippen MR) is 96.9 cm³/mol. The summed E-state index contributed by atoms with van der Waals surface area (Å²) in [5.74, 6) is -1.68. The van der Waals surface area contributed by atoms with Crippen molar-refractivity contribution in [3.63, 3.8) is 0 Å². The Morgan fingerprint density at radius 1 is 1.04 bits per heavy atom. The van der Waals surface area contributed by atoms with Crippen LogP contribution in [0, 0.1) is 6.92 Å². The van der Waals surface area contributed by atoms with Gasteiger partial charge in [0.05, 0.1) is 0 Å². The van der Waals surface area contributed by atoms with E-state index in [1.807, 2.05) is 36.4 Å². The first kappa shape index (κ1) is 17.4. The molecular formula is C18H16ClN3O2. The van der Waals surface area contributed by atoms with Gasteiger partial charge in [-0.05, 0) is 36.3 Å². The summed E-state index contributed by atoms with van der Waals surface area (Å²) in [4.78, 5) is 23.5. The van der Waals surface area contributed by atoms with E-state index in [-0.39, 0.29) is 0 Å². The van der Waals surface area contributed by atoms with Crippen molar-refractivity contribution in [3.8, 4) is 0 Å². The van der Waals surface area contributed by atoms with Crippen LogP contribution in [0.5, 0.6) is 0 Å². The number of amides is 2. The van der Waals surface area contributed by atoms with Crippen LogP contribution < -0.4 is 10.7 Å². The van der Waals surface area contributed by atoms with Crippen LogP contribution in [0.25, 0.3) is 6.08 Å². The van der Waals surface area contributed by atoms with Crippen molar-refractivity contribution in [1.29, 1.82) is 0 Å². The molecule has 2 aromatic rings. The highest BCUT2D eigenvalue weighted by molar-refractivity contribution is 6.40. The lowest BCUT2D eigenvalue weighted by Gasteiger charge is -2.08. The number of hydrogen-bond acceptors (Lipinski definition) is 3. The molecular weight excluding hydrogens is 326 g/mol. The third-order valence-corrected chi connectivity index (χ3v) is 3.55. The number of benzene rings is 2. The summed E-state index contributed by atoms with van der Waals surface area (Å²) in [5.41, 5.74) is 4.33. The van der Waals surface area contributed by atoms with E-state index in [1.54, 1.807) is 31.2 Å². The Labute approximate surface area is 145 Å². The van der Waals surface area contributed by atoms with Gasteiger partial charge in [-0.1, -0.05) is 54.1 Å². The van der Waals surface area contributed by atoms with E-state index >= 15 is 0 Å². The second kappa shape index (κ2) is 8.64. The van der Waals surface area contributed by atoms with Crippen molar-refractivity contribution in [2.75, 3.05) is 5.32 Å². The van der Waals surface area contributed by atoms with Gasteiger partial charge in [0, 0.05) is 16.9 Å². The van der Waals surface area contributed by atoms with E-state index in [0.29, 0.717) is 16.3 Å². The molecule has 0 fully saturated rings. The molecule has 0 atom stereocenters. The topological polar surface area (TPSA) is 70.6 Å². The van der Waals surface area contributed by atoms with Gasteiger partial charge in [0.1, 0.15) is 0 Å². The number of allylic oxidation sites excluding steroid dienone is 1. The highest BCUT2D eigenvalue weighted by Crippen LogP contribution is 2.22. The monoisotopic (exact) mass is 341 g/mol. The van der Waals surface area contributed by atoms with Crippen LogP contribution in [-0.2, 0) is 9.59 Å².